The van der Waals surface area contributed by atoms with Gasteiger partial charge in [0.15, 0.2) is 5.71 Å². The Bertz CT molecular complexity index is 1520. The lowest BCUT2D eigenvalue weighted by molar-refractivity contribution is -0.401. The van der Waals surface area contributed by atoms with Crippen LogP contribution in [0.15, 0.2) is 108 Å². The van der Waals surface area contributed by atoms with Crippen molar-refractivity contribution in [3.63, 3.8) is 0 Å². The Kier molecular flexibility index (Phi) is 4.55. The zero-order valence-electron chi connectivity index (χ0n) is 19.0. The monoisotopic (exact) mass is 428 g/mol. The van der Waals surface area contributed by atoms with Gasteiger partial charge in [0.25, 0.3) is 0 Å². The van der Waals surface area contributed by atoms with E-state index in [4.69, 9.17) is 4.42 Å². The minimum Gasteiger partial charge on any atom is -0.457 e. The molecule has 0 radical (unpaired) electrons. The summed E-state index contributed by atoms with van der Waals surface area (Å²) < 4.78 is 8.43. The SMILES string of the molecule is C[N+]1=C(/C=C/c2cc3ccccc3o2)C(C)(Cc2ccccc2)c2c1ccc1ccccc21. The molecule has 1 unspecified atom stereocenters. The predicted octanol–water partition coefficient (Wildman–Crippen LogP) is 7.53. The quantitative estimate of drug-likeness (QED) is 0.270. The molecule has 4 aromatic carbocycles. The second-order valence-corrected chi connectivity index (χ2v) is 9.14. The molecule has 1 aliphatic rings. The number of fused-ring (bicyclic) bond motifs is 4. The van der Waals surface area contributed by atoms with Crippen molar-refractivity contribution >= 4 is 39.2 Å². The Labute approximate surface area is 194 Å². The number of para-hydroxylation sites is 1. The second-order valence-electron chi connectivity index (χ2n) is 9.14. The van der Waals surface area contributed by atoms with Crippen molar-refractivity contribution in [2.75, 3.05) is 7.05 Å². The summed E-state index contributed by atoms with van der Waals surface area (Å²) in [6, 6.07) is 34.3. The zero-order valence-corrected chi connectivity index (χ0v) is 19.0. The van der Waals surface area contributed by atoms with E-state index < -0.39 is 0 Å². The molecular formula is C31H26NO+. The van der Waals surface area contributed by atoms with Gasteiger partial charge in [0.2, 0.25) is 5.69 Å². The lowest BCUT2D eigenvalue weighted by Crippen LogP contribution is -2.33. The van der Waals surface area contributed by atoms with Gasteiger partial charge in [-0.25, -0.2) is 0 Å². The van der Waals surface area contributed by atoms with E-state index in [1.54, 1.807) is 0 Å². The van der Waals surface area contributed by atoms with Crippen molar-refractivity contribution in [1.29, 1.82) is 0 Å². The van der Waals surface area contributed by atoms with Gasteiger partial charge >= 0.3 is 0 Å². The summed E-state index contributed by atoms with van der Waals surface area (Å²) in [7, 11) is 2.18. The summed E-state index contributed by atoms with van der Waals surface area (Å²) in [4.78, 5) is 0. The van der Waals surface area contributed by atoms with E-state index in [-0.39, 0.29) is 5.41 Å². The molecule has 1 aliphatic heterocycles. The van der Waals surface area contributed by atoms with Crippen LogP contribution in [0.3, 0.4) is 0 Å². The molecule has 0 saturated carbocycles. The van der Waals surface area contributed by atoms with Crippen LogP contribution in [0.2, 0.25) is 0 Å². The van der Waals surface area contributed by atoms with Gasteiger partial charge in [-0.2, -0.15) is 4.58 Å². The first-order valence-electron chi connectivity index (χ1n) is 11.5. The molecule has 0 spiro atoms. The van der Waals surface area contributed by atoms with Crippen molar-refractivity contribution in [2.24, 2.45) is 0 Å². The minimum absolute atomic E-state index is 0.172. The molecule has 2 heteroatoms. The van der Waals surface area contributed by atoms with Gasteiger partial charge in [0.05, 0.1) is 5.41 Å². The second kappa shape index (κ2) is 7.60. The third-order valence-corrected chi connectivity index (χ3v) is 7.00. The average molecular weight is 429 g/mol. The van der Waals surface area contributed by atoms with Crippen LogP contribution in [-0.4, -0.2) is 17.3 Å². The Morgan fingerprint density at radius 1 is 0.788 bits per heavy atom. The van der Waals surface area contributed by atoms with Crippen LogP contribution in [0.5, 0.6) is 0 Å². The normalized spacial score (nSPS) is 18.0. The molecule has 0 aliphatic carbocycles. The van der Waals surface area contributed by atoms with E-state index in [0.29, 0.717) is 0 Å². The third kappa shape index (κ3) is 3.22. The van der Waals surface area contributed by atoms with Crippen molar-refractivity contribution in [3.05, 3.63) is 120 Å². The Morgan fingerprint density at radius 3 is 2.33 bits per heavy atom. The number of rotatable bonds is 4. The minimum atomic E-state index is -0.172. The largest absolute Gasteiger partial charge is 0.457 e. The maximum absolute atomic E-state index is 6.08. The van der Waals surface area contributed by atoms with Gasteiger partial charge in [-0.3, -0.25) is 0 Å². The Balaban J connectivity index is 1.52. The summed E-state index contributed by atoms with van der Waals surface area (Å²) in [5.41, 5.74) is 6.03. The molecule has 0 fully saturated rings. The standard InChI is InChI=1S/C31H26NO/c1-31(21-22-10-4-3-5-11-22)29(19-17-25-20-24-13-7-9-15-28(24)33-25)32(2)27-18-16-23-12-6-8-14-26(23)30(27)31/h3-20H,21H2,1-2H3/q+1/b19-17+. The molecular weight excluding hydrogens is 402 g/mol. The van der Waals surface area contributed by atoms with Crippen LogP contribution in [-0.2, 0) is 11.8 Å². The van der Waals surface area contributed by atoms with Crippen LogP contribution in [0.1, 0.15) is 23.8 Å². The van der Waals surface area contributed by atoms with E-state index in [1.165, 1.54) is 33.3 Å². The number of benzene rings is 4. The first kappa shape index (κ1) is 19.8. The molecule has 33 heavy (non-hydrogen) atoms. The Morgan fingerprint density at radius 2 is 1.52 bits per heavy atom. The lowest BCUT2D eigenvalue weighted by atomic mass is 9.73. The van der Waals surface area contributed by atoms with Crippen LogP contribution in [0.4, 0.5) is 5.69 Å². The average Bonchev–Trinajstić information content (AvgIpc) is 3.35. The summed E-state index contributed by atoms with van der Waals surface area (Å²) >= 11 is 0. The molecule has 2 nitrogen and oxygen atoms in total. The van der Waals surface area contributed by atoms with Crippen LogP contribution in [0.25, 0.3) is 27.8 Å². The molecule has 1 atom stereocenters. The first-order chi connectivity index (χ1) is 16.1. The van der Waals surface area contributed by atoms with E-state index >= 15 is 0 Å². The molecule has 0 bridgehead atoms. The summed E-state index contributed by atoms with van der Waals surface area (Å²) in [6.07, 6.45) is 5.29. The molecule has 6 rings (SSSR count). The molecule has 2 heterocycles. The van der Waals surface area contributed by atoms with Crippen LogP contribution in [0, 0.1) is 0 Å². The first-order valence-corrected chi connectivity index (χ1v) is 11.5. The van der Waals surface area contributed by atoms with Gasteiger partial charge in [-0.1, -0.05) is 72.8 Å². The third-order valence-electron chi connectivity index (χ3n) is 7.00. The van der Waals surface area contributed by atoms with Crippen molar-refractivity contribution in [3.8, 4) is 0 Å². The highest BCUT2D eigenvalue weighted by atomic mass is 16.3. The van der Waals surface area contributed by atoms with Gasteiger partial charge in [0, 0.05) is 23.1 Å². The topological polar surface area (TPSA) is 16.1 Å². The van der Waals surface area contributed by atoms with Gasteiger partial charge < -0.3 is 4.42 Å². The van der Waals surface area contributed by atoms with Crippen molar-refractivity contribution < 1.29 is 8.99 Å². The zero-order chi connectivity index (χ0) is 22.4. The molecule has 1 aromatic heterocycles. The van der Waals surface area contributed by atoms with Crippen molar-refractivity contribution in [1.82, 2.24) is 0 Å². The smallest absolute Gasteiger partial charge is 0.210 e. The lowest BCUT2D eigenvalue weighted by Gasteiger charge is -2.24. The summed E-state index contributed by atoms with van der Waals surface area (Å²) in [5, 5.41) is 3.74. The van der Waals surface area contributed by atoms with Crippen LogP contribution < -0.4 is 0 Å². The molecule has 0 N–H and O–H groups in total. The van der Waals surface area contributed by atoms with Crippen molar-refractivity contribution in [2.45, 2.75) is 18.8 Å². The number of hydrogen-bond acceptors (Lipinski definition) is 1. The maximum atomic E-state index is 6.08. The fourth-order valence-corrected chi connectivity index (χ4v) is 5.47. The Hall–Kier alpha value is -3.91. The van der Waals surface area contributed by atoms with Crippen LogP contribution >= 0.6 is 0 Å². The van der Waals surface area contributed by atoms with E-state index in [9.17, 15) is 0 Å². The van der Waals surface area contributed by atoms with E-state index in [1.807, 2.05) is 18.2 Å². The highest BCUT2D eigenvalue weighted by Gasteiger charge is 2.47. The summed E-state index contributed by atoms with van der Waals surface area (Å²) in [6.45, 7) is 2.38. The summed E-state index contributed by atoms with van der Waals surface area (Å²) in [5.74, 6) is 0.875. The van der Waals surface area contributed by atoms with E-state index in [2.05, 4.69) is 110 Å². The fourth-order valence-electron chi connectivity index (χ4n) is 5.47. The van der Waals surface area contributed by atoms with E-state index in [0.717, 1.165) is 23.2 Å². The van der Waals surface area contributed by atoms with Gasteiger partial charge in [-0.05, 0) is 54.0 Å². The highest BCUT2D eigenvalue weighted by molar-refractivity contribution is 6.09. The van der Waals surface area contributed by atoms with Gasteiger partial charge in [0.1, 0.15) is 18.4 Å². The molecule has 0 amide bonds. The molecule has 160 valence electrons. The number of nitrogens with zero attached hydrogens (tertiary/aromatic N) is 1. The maximum Gasteiger partial charge on any atom is 0.210 e. The number of hydrogen-bond donors (Lipinski definition) is 0. The molecule has 5 aromatic rings. The van der Waals surface area contributed by atoms with Gasteiger partial charge in [-0.15, -0.1) is 0 Å². The fraction of sp³-hybridized carbons (Fsp3) is 0.129. The molecule has 0 saturated heterocycles. The number of furan rings is 1. The predicted molar refractivity (Wildman–Crippen MR) is 138 cm³/mol. The number of allylic oxidation sites excluding steroid dienone is 1. The highest BCUT2D eigenvalue weighted by Crippen LogP contribution is 2.45.